The molecule has 3 aromatic carbocycles. The first-order chi connectivity index (χ1) is 16.9. The Kier molecular flexibility index (Phi) is 9.79. The fourth-order valence-corrected chi connectivity index (χ4v) is 4.58. The molecule has 0 aliphatic carbocycles. The normalized spacial score (nSPS) is 11.6. The molecule has 3 aromatic rings. The molecule has 5 nitrogen and oxygen atoms in total. The predicted molar refractivity (Wildman–Crippen MR) is 146 cm³/mol. The van der Waals surface area contributed by atoms with Crippen molar-refractivity contribution >= 4 is 29.3 Å². The molecule has 0 bridgehead atoms. The van der Waals surface area contributed by atoms with Crippen molar-refractivity contribution in [2.75, 3.05) is 17.3 Å². The number of hydrogen-bond acceptors (Lipinski definition) is 4. The van der Waals surface area contributed by atoms with Crippen LogP contribution in [0.1, 0.15) is 46.8 Å². The van der Waals surface area contributed by atoms with E-state index in [-0.39, 0.29) is 5.91 Å². The number of rotatable bonds is 12. The molecule has 6 heteroatoms. The van der Waals surface area contributed by atoms with Gasteiger partial charge in [0.1, 0.15) is 6.04 Å². The summed E-state index contributed by atoms with van der Waals surface area (Å²) in [5.41, 5.74) is 6.74. The van der Waals surface area contributed by atoms with Crippen LogP contribution >= 0.6 is 11.8 Å². The van der Waals surface area contributed by atoms with E-state index >= 15 is 0 Å². The molecule has 3 N–H and O–H groups in total. The number of carbonyl (C=O) groups excluding carboxylic acids is 1. The van der Waals surface area contributed by atoms with Crippen LogP contribution in [0.25, 0.3) is 11.1 Å². The SMILES string of the molecule is CCCc1ccccc1NCc1ccc(C(=O)N[C@@H](CCSC)C(=O)O)c(-c2ccccc2C)c1. The van der Waals surface area contributed by atoms with Crippen molar-refractivity contribution < 1.29 is 14.7 Å². The highest BCUT2D eigenvalue weighted by atomic mass is 32.2. The second kappa shape index (κ2) is 13.0. The first kappa shape index (κ1) is 26.4. The van der Waals surface area contributed by atoms with Crippen LogP contribution in [0.5, 0.6) is 0 Å². The van der Waals surface area contributed by atoms with E-state index < -0.39 is 12.0 Å². The quantitative estimate of drug-likeness (QED) is 0.283. The summed E-state index contributed by atoms with van der Waals surface area (Å²) < 4.78 is 0. The second-order valence-corrected chi connectivity index (χ2v) is 9.59. The molecule has 0 unspecified atom stereocenters. The maximum Gasteiger partial charge on any atom is 0.326 e. The highest BCUT2D eigenvalue weighted by molar-refractivity contribution is 7.98. The van der Waals surface area contributed by atoms with Gasteiger partial charge < -0.3 is 15.7 Å². The smallest absolute Gasteiger partial charge is 0.326 e. The second-order valence-electron chi connectivity index (χ2n) is 8.60. The largest absolute Gasteiger partial charge is 0.480 e. The van der Waals surface area contributed by atoms with E-state index in [1.54, 1.807) is 17.8 Å². The number of anilines is 1. The minimum atomic E-state index is -1.02. The maximum absolute atomic E-state index is 13.2. The third-order valence-electron chi connectivity index (χ3n) is 6.00. The van der Waals surface area contributed by atoms with Crippen LogP contribution in [0.2, 0.25) is 0 Å². The van der Waals surface area contributed by atoms with Crippen LogP contribution in [0, 0.1) is 6.92 Å². The zero-order valence-corrected chi connectivity index (χ0v) is 21.5. The first-order valence-electron chi connectivity index (χ1n) is 12.0. The van der Waals surface area contributed by atoms with Crippen molar-refractivity contribution in [3.05, 3.63) is 89.0 Å². The minimum Gasteiger partial charge on any atom is -0.480 e. The molecule has 1 atom stereocenters. The molecule has 0 aromatic heterocycles. The van der Waals surface area contributed by atoms with Gasteiger partial charge in [-0.1, -0.05) is 61.9 Å². The lowest BCUT2D eigenvalue weighted by atomic mass is 9.93. The Balaban J connectivity index is 1.91. The summed E-state index contributed by atoms with van der Waals surface area (Å²) in [5.74, 6) is -0.729. The molecular weight excluding hydrogens is 456 g/mol. The third kappa shape index (κ3) is 7.12. The fourth-order valence-electron chi connectivity index (χ4n) is 4.10. The Bertz CT molecular complexity index is 1160. The van der Waals surface area contributed by atoms with Crippen molar-refractivity contribution in [1.29, 1.82) is 0 Å². The van der Waals surface area contributed by atoms with Crippen LogP contribution < -0.4 is 10.6 Å². The average molecular weight is 491 g/mol. The van der Waals surface area contributed by atoms with Crippen LogP contribution in [0.15, 0.2) is 66.7 Å². The fraction of sp³-hybridized carbons (Fsp3) is 0.310. The van der Waals surface area contributed by atoms with Gasteiger partial charge >= 0.3 is 5.97 Å². The Morgan fingerprint density at radius 2 is 1.74 bits per heavy atom. The highest BCUT2D eigenvalue weighted by Crippen LogP contribution is 2.29. The van der Waals surface area contributed by atoms with E-state index in [0.29, 0.717) is 24.3 Å². The first-order valence-corrected chi connectivity index (χ1v) is 13.4. The van der Waals surface area contributed by atoms with E-state index in [4.69, 9.17) is 0 Å². The highest BCUT2D eigenvalue weighted by Gasteiger charge is 2.22. The number of carbonyl (C=O) groups is 2. The predicted octanol–water partition coefficient (Wildman–Crippen LogP) is 6.16. The van der Waals surface area contributed by atoms with E-state index in [1.807, 2.05) is 55.6 Å². The molecule has 0 spiro atoms. The monoisotopic (exact) mass is 490 g/mol. The number of hydrogen-bond donors (Lipinski definition) is 3. The van der Waals surface area contributed by atoms with E-state index in [1.165, 1.54) is 5.56 Å². The van der Waals surface area contributed by atoms with Gasteiger partial charge in [0.2, 0.25) is 0 Å². The van der Waals surface area contributed by atoms with E-state index in [0.717, 1.165) is 40.8 Å². The molecule has 0 aliphatic heterocycles. The zero-order chi connectivity index (χ0) is 25.2. The van der Waals surface area contributed by atoms with Gasteiger partial charge in [-0.15, -0.1) is 0 Å². The van der Waals surface area contributed by atoms with Crippen molar-refractivity contribution in [3.63, 3.8) is 0 Å². The number of carboxylic acid groups (broad SMARTS) is 1. The van der Waals surface area contributed by atoms with Gasteiger partial charge in [-0.3, -0.25) is 4.79 Å². The number of nitrogens with one attached hydrogen (secondary N) is 2. The lowest BCUT2D eigenvalue weighted by Gasteiger charge is -2.18. The molecule has 3 rings (SSSR count). The topological polar surface area (TPSA) is 78.4 Å². The molecule has 1 amide bonds. The molecule has 35 heavy (non-hydrogen) atoms. The van der Waals surface area contributed by atoms with Gasteiger partial charge in [0.15, 0.2) is 0 Å². The summed E-state index contributed by atoms with van der Waals surface area (Å²) in [5, 5.41) is 15.9. The number of para-hydroxylation sites is 1. The summed E-state index contributed by atoms with van der Waals surface area (Å²) in [6, 6.07) is 21.1. The van der Waals surface area contributed by atoms with Crippen molar-refractivity contribution in [1.82, 2.24) is 5.32 Å². The number of benzene rings is 3. The molecular formula is C29H34N2O3S. The lowest BCUT2D eigenvalue weighted by molar-refractivity contribution is -0.139. The summed E-state index contributed by atoms with van der Waals surface area (Å²) in [7, 11) is 0. The zero-order valence-electron chi connectivity index (χ0n) is 20.6. The van der Waals surface area contributed by atoms with Gasteiger partial charge in [-0.05, 0) is 77.8 Å². The summed E-state index contributed by atoms with van der Waals surface area (Å²) in [6.07, 6.45) is 4.39. The van der Waals surface area contributed by atoms with Crippen LogP contribution in [0.3, 0.4) is 0 Å². The maximum atomic E-state index is 13.2. The molecule has 0 radical (unpaired) electrons. The van der Waals surface area contributed by atoms with Crippen molar-refractivity contribution in [2.24, 2.45) is 0 Å². The van der Waals surface area contributed by atoms with Crippen LogP contribution in [0.4, 0.5) is 5.69 Å². The Morgan fingerprint density at radius 1 is 1.00 bits per heavy atom. The van der Waals surface area contributed by atoms with Crippen LogP contribution in [-0.4, -0.2) is 35.0 Å². The molecule has 184 valence electrons. The van der Waals surface area contributed by atoms with Crippen LogP contribution in [-0.2, 0) is 17.8 Å². The standard InChI is InChI=1S/C29H34N2O3S/c1-4-9-22-11-6-8-13-26(22)30-19-21-14-15-24(25(18-21)23-12-7-5-10-20(23)2)28(32)31-27(29(33)34)16-17-35-3/h5-8,10-15,18,27,30H,4,9,16-17,19H2,1-3H3,(H,31,32)(H,33,34)/t27-/m0/s1. The van der Waals surface area contributed by atoms with Gasteiger partial charge in [-0.25, -0.2) is 4.79 Å². The van der Waals surface area contributed by atoms with Gasteiger partial charge in [0, 0.05) is 17.8 Å². The van der Waals surface area contributed by atoms with E-state index in [2.05, 4.69) is 35.8 Å². The number of aryl methyl sites for hydroxylation is 2. The molecule has 0 aliphatic rings. The summed E-state index contributed by atoms with van der Waals surface area (Å²) in [6.45, 7) is 4.81. The Morgan fingerprint density at radius 3 is 2.46 bits per heavy atom. The Labute approximate surface area is 212 Å². The van der Waals surface area contributed by atoms with Gasteiger partial charge in [0.25, 0.3) is 5.91 Å². The third-order valence-corrected chi connectivity index (χ3v) is 6.64. The van der Waals surface area contributed by atoms with E-state index in [9.17, 15) is 14.7 Å². The Hall–Kier alpha value is -3.25. The lowest BCUT2D eigenvalue weighted by Crippen LogP contribution is -2.41. The summed E-state index contributed by atoms with van der Waals surface area (Å²) >= 11 is 1.56. The average Bonchev–Trinajstić information content (AvgIpc) is 2.86. The molecule has 0 saturated heterocycles. The number of thioether (sulfide) groups is 1. The minimum absolute atomic E-state index is 0.371. The molecule has 0 saturated carbocycles. The van der Waals surface area contributed by atoms with Crippen molar-refractivity contribution in [2.45, 2.75) is 45.7 Å². The number of aliphatic carboxylic acids is 1. The van der Waals surface area contributed by atoms with Crippen molar-refractivity contribution in [3.8, 4) is 11.1 Å². The van der Waals surface area contributed by atoms with Gasteiger partial charge in [0.05, 0.1) is 0 Å². The van der Waals surface area contributed by atoms with Gasteiger partial charge in [-0.2, -0.15) is 11.8 Å². The summed E-state index contributed by atoms with van der Waals surface area (Å²) in [4.78, 5) is 24.9. The molecule has 0 fully saturated rings. The number of amides is 1. The molecule has 0 heterocycles. The number of carboxylic acids is 1.